The molecule has 2 unspecified atom stereocenters. The molecule has 2 aliphatic heterocycles. The lowest BCUT2D eigenvalue weighted by atomic mass is 10.1. The molecule has 13 heteroatoms. The molecule has 1 amide bonds. The Morgan fingerprint density at radius 2 is 1.85 bits per heavy atom. The molecule has 39 heavy (non-hydrogen) atoms. The van der Waals surface area contributed by atoms with Gasteiger partial charge in [0.15, 0.2) is 0 Å². The standard InChI is InChI=1S/C26H28Cl2N4O5.2ClH/c1-34-25(33)32-12-10-31(11-13-32)20-3-5-21(6-4-20)35-15-22-16-36-26(37-22,17-30-9-8-29-18-30)23-7-2-19(27)14-24(23)28;;/h2-9,14,18,22H,10-13,15-17H2,1H3;2*1H. The molecule has 212 valence electrons. The lowest BCUT2D eigenvalue weighted by Gasteiger charge is -2.35. The molecule has 2 fully saturated rings. The Morgan fingerprint density at radius 1 is 1.10 bits per heavy atom. The monoisotopic (exact) mass is 618 g/mol. The van der Waals surface area contributed by atoms with E-state index in [1.54, 1.807) is 29.6 Å². The quantitative estimate of drug-likeness (QED) is 0.357. The van der Waals surface area contributed by atoms with Crippen molar-refractivity contribution < 1.29 is 23.7 Å². The third kappa shape index (κ3) is 7.22. The van der Waals surface area contributed by atoms with E-state index in [9.17, 15) is 4.79 Å². The highest BCUT2D eigenvalue weighted by Gasteiger charge is 2.45. The van der Waals surface area contributed by atoms with Gasteiger partial charge in [-0.05, 0) is 36.4 Å². The number of nitrogens with zero attached hydrogens (tertiary/aromatic N) is 4. The van der Waals surface area contributed by atoms with Crippen molar-refractivity contribution in [3.8, 4) is 5.75 Å². The molecule has 2 saturated heterocycles. The predicted molar refractivity (Wildman–Crippen MR) is 154 cm³/mol. The predicted octanol–water partition coefficient (Wildman–Crippen LogP) is 5.27. The maximum Gasteiger partial charge on any atom is 0.409 e. The van der Waals surface area contributed by atoms with Crippen molar-refractivity contribution in [3.63, 3.8) is 0 Å². The molecule has 0 spiro atoms. The summed E-state index contributed by atoms with van der Waals surface area (Å²) >= 11 is 12.7. The minimum atomic E-state index is -1.09. The fraction of sp³-hybridized carbons (Fsp3) is 0.385. The molecular weight excluding hydrogens is 590 g/mol. The Balaban J connectivity index is 0.00000210. The molecule has 0 aliphatic carbocycles. The van der Waals surface area contributed by atoms with Gasteiger partial charge in [-0.3, -0.25) is 0 Å². The third-order valence-corrected chi connectivity index (χ3v) is 7.05. The average Bonchev–Trinajstić information content (AvgIpc) is 3.58. The molecular formula is C26H30Cl4N4O5. The van der Waals surface area contributed by atoms with Gasteiger partial charge in [-0.1, -0.05) is 29.3 Å². The van der Waals surface area contributed by atoms with Gasteiger partial charge in [0, 0.05) is 54.8 Å². The van der Waals surface area contributed by atoms with Gasteiger partial charge in [-0.2, -0.15) is 0 Å². The summed E-state index contributed by atoms with van der Waals surface area (Å²) in [7, 11) is 1.41. The molecule has 0 saturated carbocycles. The summed E-state index contributed by atoms with van der Waals surface area (Å²) in [5.41, 5.74) is 1.78. The molecule has 5 rings (SSSR count). The number of carbonyl (C=O) groups is 1. The molecule has 3 heterocycles. The number of rotatable bonds is 7. The van der Waals surface area contributed by atoms with E-state index in [2.05, 4.69) is 9.88 Å². The second kappa shape index (κ2) is 13.8. The molecule has 9 nitrogen and oxygen atoms in total. The zero-order valence-electron chi connectivity index (χ0n) is 21.2. The summed E-state index contributed by atoms with van der Waals surface area (Å²) in [5, 5.41) is 1.01. The smallest absolute Gasteiger partial charge is 0.409 e. The van der Waals surface area contributed by atoms with Crippen LogP contribution in [0.25, 0.3) is 0 Å². The minimum absolute atomic E-state index is 0. The number of hydrogen-bond donors (Lipinski definition) is 0. The first kappa shape index (κ1) is 31.1. The second-order valence-electron chi connectivity index (χ2n) is 8.91. The molecule has 2 atom stereocenters. The van der Waals surface area contributed by atoms with Crippen LogP contribution in [0.4, 0.5) is 10.5 Å². The third-order valence-electron chi connectivity index (χ3n) is 6.50. The van der Waals surface area contributed by atoms with Gasteiger partial charge in [0.2, 0.25) is 5.79 Å². The minimum Gasteiger partial charge on any atom is -0.491 e. The number of aromatic nitrogens is 2. The van der Waals surface area contributed by atoms with Crippen LogP contribution in [0, 0.1) is 0 Å². The SMILES string of the molecule is COC(=O)N1CCN(c2ccc(OCC3COC(Cn4ccnc4)(c4ccc(Cl)cc4Cl)O3)cc2)CC1.Cl.Cl. The van der Waals surface area contributed by atoms with Crippen LogP contribution in [0.15, 0.2) is 61.2 Å². The number of hydrogen-bond acceptors (Lipinski definition) is 7. The van der Waals surface area contributed by atoms with E-state index in [0.29, 0.717) is 48.5 Å². The maximum absolute atomic E-state index is 11.7. The number of piperazine rings is 1. The largest absolute Gasteiger partial charge is 0.491 e. The van der Waals surface area contributed by atoms with Crippen molar-refractivity contribution in [1.82, 2.24) is 14.5 Å². The van der Waals surface area contributed by atoms with E-state index < -0.39 is 5.79 Å². The highest BCUT2D eigenvalue weighted by Crippen LogP contribution is 2.40. The van der Waals surface area contributed by atoms with Crippen molar-refractivity contribution >= 4 is 59.8 Å². The molecule has 0 bridgehead atoms. The number of halogens is 4. The topological polar surface area (TPSA) is 78.3 Å². The van der Waals surface area contributed by atoms with E-state index in [-0.39, 0.29) is 37.0 Å². The Morgan fingerprint density at radius 3 is 2.49 bits per heavy atom. The second-order valence-corrected chi connectivity index (χ2v) is 9.76. The Hall–Kier alpha value is -2.40. The lowest BCUT2D eigenvalue weighted by molar-refractivity contribution is -0.189. The zero-order valence-corrected chi connectivity index (χ0v) is 24.3. The lowest BCUT2D eigenvalue weighted by Crippen LogP contribution is -2.48. The van der Waals surface area contributed by atoms with Gasteiger partial charge in [0.05, 0.1) is 31.6 Å². The number of benzene rings is 2. The number of methoxy groups -OCH3 is 1. The van der Waals surface area contributed by atoms with E-state index in [1.807, 2.05) is 41.1 Å². The van der Waals surface area contributed by atoms with Gasteiger partial charge in [0.1, 0.15) is 18.5 Å². The first-order chi connectivity index (χ1) is 18.0. The number of ether oxygens (including phenoxy) is 4. The molecule has 2 aliphatic rings. The van der Waals surface area contributed by atoms with Gasteiger partial charge < -0.3 is 33.3 Å². The van der Waals surface area contributed by atoms with E-state index in [0.717, 1.165) is 24.5 Å². The van der Waals surface area contributed by atoms with Crippen molar-refractivity contribution in [3.05, 3.63) is 76.8 Å². The summed E-state index contributed by atoms with van der Waals surface area (Å²) in [6.45, 7) is 3.78. The number of carbonyl (C=O) groups excluding carboxylic acids is 1. The number of imidazole rings is 1. The summed E-state index contributed by atoms with van der Waals surface area (Å²) in [6.07, 6.45) is 4.67. The van der Waals surface area contributed by atoms with Crippen LogP contribution in [-0.4, -0.2) is 73.2 Å². The highest BCUT2D eigenvalue weighted by molar-refractivity contribution is 6.35. The van der Waals surface area contributed by atoms with Crippen LogP contribution in [0.5, 0.6) is 5.75 Å². The van der Waals surface area contributed by atoms with Crippen LogP contribution >= 0.6 is 48.0 Å². The fourth-order valence-electron chi connectivity index (χ4n) is 4.59. The van der Waals surface area contributed by atoms with Gasteiger partial charge >= 0.3 is 6.09 Å². The van der Waals surface area contributed by atoms with Crippen molar-refractivity contribution in [1.29, 1.82) is 0 Å². The van der Waals surface area contributed by atoms with Crippen LogP contribution in [0.3, 0.4) is 0 Å². The number of amides is 1. The Kier molecular flexibility index (Phi) is 11.0. The zero-order chi connectivity index (χ0) is 25.8. The van der Waals surface area contributed by atoms with Crippen molar-refractivity contribution in [2.45, 2.75) is 18.4 Å². The van der Waals surface area contributed by atoms with E-state index in [4.69, 9.17) is 42.1 Å². The summed E-state index contributed by atoms with van der Waals surface area (Å²) in [4.78, 5) is 19.8. The Labute approximate surface area is 249 Å². The number of anilines is 1. The fourth-order valence-corrected chi connectivity index (χ4v) is 5.15. The molecule has 1 aromatic heterocycles. The van der Waals surface area contributed by atoms with E-state index >= 15 is 0 Å². The summed E-state index contributed by atoms with van der Waals surface area (Å²) < 4.78 is 25.4. The van der Waals surface area contributed by atoms with E-state index in [1.165, 1.54) is 7.11 Å². The van der Waals surface area contributed by atoms with Crippen LogP contribution < -0.4 is 9.64 Å². The average molecular weight is 620 g/mol. The highest BCUT2D eigenvalue weighted by atomic mass is 35.5. The van der Waals surface area contributed by atoms with Crippen molar-refractivity contribution in [2.24, 2.45) is 0 Å². The van der Waals surface area contributed by atoms with Crippen LogP contribution in [-0.2, 0) is 26.5 Å². The van der Waals surface area contributed by atoms with Gasteiger partial charge in [-0.25, -0.2) is 9.78 Å². The van der Waals surface area contributed by atoms with Crippen LogP contribution in [0.1, 0.15) is 5.56 Å². The molecule has 2 aromatic carbocycles. The maximum atomic E-state index is 11.7. The normalized spacial score (nSPS) is 20.6. The molecule has 3 aromatic rings. The Bertz CT molecular complexity index is 1210. The van der Waals surface area contributed by atoms with Crippen LogP contribution in [0.2, 0.25) is 10.0 Å². The summed E-state index contributed by atoms with van der Waals surface area (Å²) in [6, 6.07) is 13.2. The summed E-state index contributed by atoms with van der Waals surface area (Å²) in [5.74, 6) is -0.357. The molecule has 0 radical (unpaired) electrons. The van der Waals surface area contributed by atoms with Crippen molar-refractivity contribution in [2.75, 3.05) is 51.4 Å². The molecule has 0 N–H and O–H groups in total. The van der Waals surface area contributed by atoms with Gasteiger partial charge in [-0.15, -0.1) is 24.8 Å². The first-order valence-corrected chi connectivity index (χ1v) is 12.7. The van der Waals surface area contributed by atoms with Gasteiger partial charge in [0.25, 0.3) is 0 Å². The first-order valence-electron chi connectivity index (χ1n) is 12.0.